The summed E-state index contributed by atoms with van der Waals surface area (Å²) in [6.07, 6.45) is 3.42. The van der Waals surface area contributed by atoms with Crippen LogP contribution in [0, 0.1) is 10.1 Å². The number of aromatic nitrogens is 2. The van der Waals surface area contributed by atoms with Gasteiger partial charge in [-0.15, -0.1) is 0 Å². The van der Waals surface area contributed by atoms with Crippen molar-refractivity contribution < 1.29 is 14.1 Å². The summed E-state index contributed by atoms with van der Waals surface area (Å²) in [4.78, 5) is 22.8. The molecular weight excluding hydrogens is 336 g/mol. The average Bonchev–Trinajstić information content (AvgIpc) is 3.30. The highest BCUT2D eigenvalue weighted by Crippen LogP contribution is 2.28. The topological polar surface area (TPSA) is 103 Å². The van der Waals surface area contributed by atoms with E-state index in [1.54, 1.807) is 10.9 Å². The number of benzene rings is 1. The van der Waals surface area contributed by atoms with Crippen LogP contribution in [0.1, 0.15) is 30.1 Å². The summed E-state index contributed by atoms with van der Waals surface area (Å²) in [5.41, 5.74) is 1.33. The molecule has 1 amide bonds. The van der Waals surface area contributed by atoms with E-state index in [0.29, 0.717) is 12.1 Å². The maximum absolute atomic E-state index is 12.6. The van der Waals surface area contributed by atoms with E-state index in [1.165, 1.54) is 12.1 Å². The van der Waals surface area contributed by atoms with Crippen molar-refractivity contribution in [2.24, 2.45) is 0 Å². The number of carbonyl (C=O) groups excluding carboxylic acids is 1. The molecular formula is C18H18N4O4. The van der Waals surface area contributed by atoms with Gasteiger partial charge in [0.05, 0.1) is 17.3 Å². The molecule has 0 unspecified atom stereocenters. The number of furan rings is 1. The minimum Gasteiger partial charge on any atom is -0.399 e. The first-order valence-corrected chi connectivity index (χ1v) is 8.28. The zero-order valence-electron chi connectivity index (χ0n) is 14.2. The molecule has 0 spiro atoms. The second-order valence-corrected chi connectivity index (χ2v) is 5.68. The molecule has 3 rings (SSSR count). The number of nitrogens with one attached hydrogen (secondary N) is 1. The molecule has 1 aromatic carbocycles. The molecule has 26 heavy (non-hydrogen) atoms. The largest absolute Gasteiger partial charge is 0.433 e. The number of hydrogen-bond donors (Lipinski definition) is 1. The van der Waals surface area contributed by atoms with Crippen molar-refractivity contribution in [2.75, 3.05) is 6.54 Å². The number of amides is 1. The molecule has 0 aliphatic heterocycles. The van der Waals surface area contributed by atoms with Crippen molar-refractivity contribution >= 4 is 11.8 Å². The van der Waals surface area contributed by atoms with Gasteiger partial charge in [0.2, 0.25) is 0 Å². The number of rotatable bonds is 7. The number of carbonyl (C=O) groups is 1. The molecule has 134 valence electrons. The highest BCUT2D eigenvalue weighted by atomic mass is 16.6. The van der Waals surface area contributed by atoms with Crippen LogP contribution in [0.5, 0.6) is 0 Å². The van der Waals surface area contributed by atoms with Crippen molar-refractivity contribution in [3.05, 3.63) is 64.3 Å². The van der Waals surface area contributed by atoms with Gasteiger partial charge < -0.3 is 9.73 Å². The summed E-state index contributed by atoms with van der Waals surface area (Å²) in [7, 11) is 0. The Hall–Kier alpha value is -3.42. The Bertz CT molecular complexity index is 914. The average molecular weight is 354 g/mol. The Morgan fingerprint density at radius 2 is 2.04 bits per heavy atom. The fourth-order valence-electron chi connectivity index (χ4n) is 2.46. The second-order valence-electron chi connectivity index (χ2n) is 5.68. The lowest BCUT2D eigenvalue weighted by atomic mass is 10.2. The molecule has 0 saturated carbocycles. The minimum absolute atomic E-state index is 0.173. The fraction of sp³-hybridized carbons (Fsp3) is 0.222. The molecule has 0 atom stereocenters. The van der Waals surface area contributed by atoms with Crippen LogP contribution in [-0.4, -0.2) is 27.2 Å². The van der Waals surface area contributed by atoms with Crippen molar-refractivity contribution in [3.8, 4) is 17.1 Å². The summed E-state index contributed by atoms with van der Waals surface area (Å²) in [6, 6.07) is 12.0. The van der Waals surface area contributed by atoms with Gasteiger partial charge in [-0.1, -0.05) is 31.5 Å². The van der Waals surface area contributed by atoms with E-state index in [4.69, 9.17) is 4.42 Å². The number of hydrogen-bond acceptors (Lipinski definition) is 5. The van der Waals surface area contributed by atoms with E-state index in [9.17, 15) is 14.9 Å². The molecule has 0 fully saturated rings. The smallest absolute Gasteiger partial charge is 0.399 e. The van der Waals surface area contributed by atoms with Crippen LogP contribution in [-0.2, 0) is 0 Å². The summed E-state index contributed by atoms with van der Waals surface area (Å²) in [5.74, 6) is -0.520. The maximum Gasteiger partial charge on any atom is 0.433 e. The van der Waals surface area contributed by atoms with Crippen LogP contribution in [0.4, 0.5) is 5.88 Å². The highest BCUT2D eigenvalue weighted by Gasteiger charge is 2.23. The molecule has 0 aliphatic carbocycles. The zero-order valence-corrected chi connectivity index (χ0v) is 14.2. The summed E-state index contributed by atoms with van der Waals surface area (Å²) < 4.78 is 6.80. The Balaban J connectivity index is 2.00. The van der Waals surface area contributed by atoms with Crippen LogP contribution >= 0.6 is 0 Å². The Kier molecular flexibility index (Phi) is 5.12. The number of nitrogens with zero attached hydrogens (tertiary/aromatic N) is 3. The third-order valence-corrected chi connectivity index (χ3v) is 3.80. The van der Waals surface area contributed by atoms with Crippen molar-refractivity contribution in [1.82, 2.24) is 15.1 Å². The predicted octanol–water partition coefficient (Wildman–Crippen LogP) is 3.57. The van der Waals surface area contributed by atoms with E-state index < -0.39 is 10.8 Å². The Morgan fingerprint density at radius 1 is 1.27 bits per heavy atom. The van der Waals surface area contributed by atoms with Crippen molar-refractivity contribution in [3.63, 3.8) is 0 Å². The van der Waals surface area contributed by atoms with E-state index in [-0.39, 0.29) is 17.4 Å². The van der Waals surface area contributed by atoms with E-state index in [1.807, 2.05) is 37.3 Å². The van der Waals surface area contributed by atoms with Crippen LogP contribution in [0.15, 0.2) is 53.1 Å². The lowest BCUT2D eigenvalue weighted by Gasteiger charge is -2.02. The van der Waals surface area contributed by atoms with Gasteiger partial charge in [-0.3, -0.25) is 14.9 Å². The molecule has 8 heteroatoms. The Morgan fingerprint density at radius 3 is 2.69 bits per heavy atom. The Labute approximate surface area is 149 Å². The first-order valence-electron chi connectivity index (χ1n) is 8.28. The van der Waals surface area contributed by atoms with E-state index in [2.05, 4.69) is 10.4 Å². The molecule has 0 bridgehead atoms. The lowest BCUT2D eigenvalue weighted by molar-refractivity contribution is -0.401. The molecule has 1 N–H and O–H groups in total. The standard InChI is InChI=1S/C18H18N4O4/c1-2-3-11-19-18(23)14-12-21(13-7-5-4-6-8-13)20-17(14)15-9-10-16(26-15)22(24)25/h4-10,12H,2-3,11H2,1H3,(H,19,23). The molecule has 0 radical (unpaired) electrons. The monoisotopic (exact) mass is 354 g/mol. The minimum atomic E-state index is -0.626. The number of nitro groups is 1. The van der Waals surface area contributed by atoms with Crippen LogP contribution < -0.4 is 5.32 Å². The number of unbranched alkanes of at least 4 members (excludes halogenated alkanes) is 1. The molecule has 8 nitrogen and oxygen atoms in total. The van der Waals surface area contributed by atoms with Crippen LogP contribution in [0.2, 0.25) is 0 Å². The highest BCUT2D eigenvalue weighted by molar-refractivity contribution is 5.99. The quantitative estimate of drug-likeness (QED) is 0.397. The molecule has 0 saturated heterocycles. The maximum atomic E-state index is 12.6. The van der Waals surface area contributed by atoms with Gasteiger partial charge in [-0.2, -0.15) is 5.10 Å². The first-order chi connectivity index (χ1) is 12.6. The molecule has 0 aliphatic rings. The predicted molar refractivity (Wildman–Crippen MR) is 95.2 cm³/mol. The first kappa shape index (κ1) is 17.4. The van der Waals surface area contributed by atoms with Gasteiger partial charge in [0.15, 0.2) is 5.76 Å². The molecule has 3 aromatic rings. The zero-order chi connectivity index (χ0) is 18.5. The summed E-state index contributed by atoms with van der Waals surface area (Å²) in [6.45, 7) is 2.58. The van der Waals surface area contributed by atoms with Crippen LogP contribution in [0.3, 0.4) is 0 Å². The van der Waals surface area contributed by atoms with Gasteiger partial charge in [-0.05, 0) is 24.6 Å². The van der Waals surface area contributed by atoms with Gasteiger partial charge in [-0.25, -0.2) is 4.68 Å². The molecule has 2 aromatic heterocycles. The van der Waals surface area contributed by atoms with Crippen molar-refractivity contribution in [1.29, 1.82) is 0 Å². The lowest BCUT2D eigenvalue weighted by Crippen LogP contribution is -2.24. The van der Waals surface area contributed by atoms with E-state index in [0.717, 1.165) is 18.5 Å². The van der Waals surface area contributed by atoms with E-state index >= 15 is 0 Å². The van der Waals surface area contributed by atoms with Crippen molar-refractivity contribution in [2.45, 2.75) is 19.8 Å². The third kappa shape index (κ3) is 3.64. The SMILES string of the molecule is CCCCNC(=O)c1cn(-c2ccccc2)nc1-c1ccc([N+](=O)[O-])o1. The van der Waals surface area contributed by atoms with Gasteiger partial charge >= 0.3 is 5.88 Å². The van der Waals surface area contributed by atoms with Gasteiger partial charge in [0, 0.05) is 12.7 Å². The summed E-state index contributed by atoms with van der Waals surface area (Å²) >= 11 is 0. The fourth-order valence-corrected chi connectivity index (χ4v) is 2.46. The third-order valence-electron chi connectivity index (χ3n) is 3.80. The van der Waals surface area contributed by atoms with Gasteiger partial charge in [0.25, 0.3) is 5.91 Å². The van der Waals surface area contributed by atoms with Crippen LogP contribution in [0.25, 0.3) is 17.1 Å². The molecule has 2 heterocycles. The second kappa shape index (κ2) is 7.64. The number of para-hydroxylation sites is 1. The summed E-state index contributed by atoms with van der Waals surface area (Å²) in [5, 5.41) is 18.1. The normalized spacial score (nSPS) is 10.7. The van der Waals surface area contributed by atoms with Gasteiger partial charge in [0.1, 0.15) is 10.6 Å².